The fraction of sp³-hybridized carbons (Fsp3) is 0.164. The van der Waals surface area contributed by atoms with Gasteiger partial charge in [0.1, 0.15) is 0 Å². The van der Waals surface area contributed by atoms with Gasteiger partial charge in [-0.25, -0.2) is 0 Å². The lowest BCUT2D eigenvalue weighted by Crippen LogP contribution is -2.61. The average Bonchev–Trinajstić information content (AvgIpc) is 3.88. The summed E-state index contributed by atoms with van der Waals surface area (Å²) in [6.07, 6.45) is 0. The zero-order valence-electron chi connectivity index (χ0n) is 35.3. The first kappa shape index (κ1) is 37.1. The summed E-state index contributed by atoms with van der Waals surface area (Å²) in [6, 6.07) is 60.1. The summed E-state index contributed by atoms with van der Waals surface area (Å²) in [5, 5.41) is 2.58. The molecule has 0 unspecified atom stereocenters. The first-order chi connectivity index (χ1) is 28.9. The predicted octanol–water partition coefficient (Wildman–Crippen LogP) is 14.4. The molecule has 2 nitrogen and oxygen atoms in total. The Morgan fingerprint density at radius 2 is 1.02 bits per heavy atom. The van der Waals surface area contributed by atoms with Crippen LogP contribution in [0.25, 0.3) is 41.1 Å². The second kappa shape index (κ2) is 13.6. The summed E-state index contributed by atoms with van der Waals surface area (Å²) in [7, 11) is 0. The van der Waals surface area contributed by atoms with E-state index in [-0.39, 0.29) is 17.5 Å². The smallest absolute Gasteiger partial charge is 0.252 e. The van der Waals surface area contributed by atoms with Crippen molar-refractivity contribution in [2.45, 2.75) is 59.3 Å². The highest BCUT2D eigenvalue weighted by Crippen LogP contribution is 2.47. The van der Waals surface area contributed by atoms with Gasteiger partial charge < -0.3 is 9.80 Å². The molecule has 11 rings (SSSR count). The highest BCUT2D eigenvalue weighted by atomic mass is 32.1. The molecule has 7 aromatic carbocycles. The monoisotopic (exact) mass is 810 g/mol. The molecule has 0 bridgehead atoms. The Hall–Kier alpha value is -5.88. The van der Waals surface area contributed by atoms with Crippen molar-refractivity contribution in [3.63, 3.8) is 0 Å². The van der Waals surface area contributed by atoms with Gasteiger partial charge in [0, 0.05) is 53.3 Å². The molecule has 0 spiro atoms. The molecule has 0 saturated carbocycles. The molecule has 5 heteroatoms. The lowest BCUT2D eigenvalue weighted by atomic mass is 9.33. The van der Waals surface area contributed by atoms with Crippen LogP contribution in [0.4, 0.5) is 34.1 Å². The summed E-state index contributed by atoms with van der Waals surface area (Å²) in [6.45, 7) is 16.2. The maximum absolute atomic E-state index is 2.57. The van der Waals surface area contributed by atoms with Gasteiger partial charge in [-0.1, -0.05) is 126 Å². The Labute approximate surface area is 362 Å². The number of fused-ring (bicyclic) bond motifs is 6. The lowest BCUT2D eigenvalue weighted by Gasteiger charge is -2.45. The Morgan fingerprint density at radius 1 is 0.433 bits per heavy atom. The molecule has 0 aliphatic carbocycles. The third-order valence-electron chi connectivity index (χ3n) is 12.6. The first-order valence-corrected chi connectivity index (χ1v) is 22.7. The maximum Gasteiger partial charge on any atom is 0.252 e. The average molecular weight is 811 g/mol. The molecular formula is C55H47BN2S2. The van der Waals surface area contributed by atoms with Gasteiger partial charge >= 0.3 is 0 Å². The molecule has 9 aromatic rings. The van der Waals surface area contributed by atoms with Gasteiger partial charge in [0.05, 0.1) is 0 Å². The van der Waals surface area contributed by atoms with Gasteiger partial charge in [0.15, 0.2) is 0 Å². The van der Waals surface area contributed by atoms with Gasteiger partial charge in [-0.3, -0.25) is 0 Å². The van der Waals surface area contributed by atoms with E-state index in [0.29, 0.717) is 0 Å². The molecule has 0 atom stereocenters. The standard InChI is InChI=1S/C55H47BN2S2/c1-34-27-47-53-48(28-34)58(42-16-12-15-35(29-42)51-31-36-13-8-10-17-49(36)59-51)46-30-38(52-32-37-14-9-11-18-50(37)60-52)19-25-43(46)56(53)44-33-40(55(5,6)7)22-26-45(44)57(47)41-23-20-39(21-24-41)54(2,3)4/h8-33H,1-7H3. The Kier molecular flexibility index (Phi) is 8.40. The molecule has 292 valence electrons. The molecule has 2 aliphatic heterocycles. The van der Waals surface area contributed by atoms with Crippen LogP contribution in [0.15, 0.2) is 158 Å². The number of rotatable bonds is 4. The van der Waals surface area contributed by atoms with E-state index in [1.54, 1.807) is 0 Å². The fourth-order valence-electron chi connectivity index (χ4n) is 9.47. The van der Waals surface area contributed by atoms with Crippen molar-refractivity contribution in [3.05, 3.63) is 174 Å². The molecule has 4 heterocycles. The normalized spacial score (nSPS) is 13.5. The molecule has 0 N–H and O–H groups in total. The molecule has 0 saturated heterocycles. The Balaban J connectivity index is 1.18. The molecule has 0 fully saturated rings. The van der Waals surface area contributed by atoms with Crippen LogP contribution in [0.3, 0.4) is 0 Å². The Bertz CT molecular complexity index is 3090. The topological polar surface area (TPSA) is 6.48 Å². The number of aryl methyl sites for hydroxylation is 1. The minimum absolute atomic E-state index is 0.00774. The number of anilines is 6. The van der Waals surface area contributed by atoms with E-state index in [1.807, 2.05) is 22.7 Å². The predicted molar refractivity (Wildman–Crippen MR) is 264 cm³/mol. The third kappa shape index (κ3) is 6.05. The van der Waals surface area contributed by atoms with Crippen LogP contribution >= 0.6 is 22.7 Å². The van der Waals surface area contributed by atoms with Crippen molar-refractivity contribution in [1.82, 2.24) is 0 Å². The van der Waals surface area contributed by atoms with E-state index in [9.17, 15) is 0 Å². The number of nitrogens with zero attached hydrogens (tertiary/aromatic N) is 2. The fourth-order valence-corrected chi connectivity index (χ4v) is 11.6. The van der Waals surface area contributed by atoms with E-state index in [0.717, 1.165) is 0 Å². The number of thiophene rings is 2. The minimum Gasteiger partial charge on any atom is -0.311 e. The molecule has 0 radical (unpaired) electrons. The summed E-state index contributed by atoms with van der Waals surface area (Å²) in [5.74, 6) is 0. The second-order valence-corrected chi connectivity index (χ2v) is 20.9. The summed E-state index contributed by atoms with van der Waals surface area (Å²) in [4.78, 5) is 7.69. The summed E-state index contributed by atoms with van der Waals surface area (Å²) >= 11 is 3.75. The summed E-state index contributed by atoms with van der Waals surface area (Å²) < 4.78 is 2.63. The second-order valence-electron chi connectivity index (χ2n) is 18.8. The number of hydrogen-bond acceptors (Lipinski definition) is 4. The van der Waals surface area contributed by atoms with Gasteiger partial charge in [0.25, 0.3) is 6.71 Å². The van der Waals surface area contributed by atoms with Crippen molar-refractivity contribution in [1.29, 1.82) is 0 Å². The SMILES string of the molecule is Cc1cc2c3c(c1)N(c1cccc(-c4cc5ccccc5s4)c1)c1cc(-c4cc5ccccc5s4)ccc1B3c1cc(C(C)(C)C)ccc1N2c1ccc(C(C)(C)C)cc1. The van der Waals surface area contributed by atoms with Crippen molar-refractivity contribution in [2.24, 2.45) is 0 Å². The van der Waals surface area contributed by atoms with E-state index in [4.69, 9.17) is 0 Å². The molecule has 60 heavy (non-hydrogen) atoms. The highest BCUT2D eigenvalue weighted by Gasteiger charge is 2.44. The number of hydrogen-bond donors (Lipinski definition) is 0. The summed E-state index contributed by atoms with van der Waals surface area (Å²) in [5.41, 5.74) is 17.8. The van der Waals surface area contributed by atoms with Gasteiger partial charge in [0.2, 0.25) is 0 Å². The molecule has 0 amide bonds. The van der Waals surface area contributed by atoms with Crippen molar-refractivity contribution < 1.29 is 0 Å². The van der Waals surface area contributed by atoms with Crippen molar-refractivity contribution in [3.8, 4) is 20.9 Å². The third-order valence-corrected chi connectivity index (χ3v) is 14.9. The zero-order chi connectivity index (χ0) is 41.1. The Morgan fingerprint density at radius 3 is 1.63 bits per heavy atom. The van der Waals surface area contributed by atoms with Crippen LogP contribution in [-0.2, 0) is 10.8 Å². The van der Waals surface area contributed by atoms with Crippen LogP contribution in [0.5, 0.6) is 0 Å². The maximum atomic E-state index is 2.57. The van der Waals surface area contributed by atoms with Gasteiger partial charge in [-0.2, -0.15) is 0 Å². The highest BCUT2D eigenvalue weighted by molar-refractivity contribution is 7.22. The van der Waals surface area contributed by atoms with Crippen LogP contribution in [0.1, 0.15) is 58.2 Å². The van der Waals surface area contributed by atoms with Crippen LogP contribution in [0.2, 0.25) is 0 Å². The van der Waals surface area contributed by atoms with Crippen LogP contribution < -0.4 is 26.2 Å². The minimum atomic E-state index is -0.00774. The van der Waals surface area contributed by atoms with Gasteiger partial charge in [-0.05, 0) is 146 Å². The van der Waals surface area contributed by atoms with Crippen molar-refractivity contribution >= 4 is 100 Å². The van der Waals surface area contributed by atoms with E-state index in [1.165, 1.54) is 108 Å². The van der Waals surface area contributed by atoms with E-state index >= 15 is 0 Å². The lowest BCUT2D eigenvalue weighted by molar-refractivity contribution is 0.590. The van der Waals surface area contributed by atoms with E-state index < -0.39 is 0 Å². The van der Waals surface area contributed by atoms with Crippen LogP contribution in [0, 0.1) is 6.92 Å². The molecular weight excluding hydrogens is 764 g/mol. The molecule has 2 aliphatic rings. The van der Waals surface area contributed by atoms with E-state index in [2.05, 4.69) is 216 Å². The van der Waals surface area contributed by atoms with Crippen LogP contribution in [-0.4, -0.2) is 6.71 Å². The molecule has 2 aromatic heterocycles. The first-order valence-electron chi connectivity index (χ1n) is 21.1. The van der Waals surface area contributed by atoms with Gasteiger partial charge in [-0.15, -0.1) is 22.7 Å². The quantitative estimate of drug-likeness (QED) is 0.163. The van der Waals surface area contributed by atoms with Crippen molar-refractivity contribution in [2.75, 3.05) is 9.80 Å². The zero-order valence-corrected chi connectivity index (χ0v) is 36.9. The largest absolute Gasteiger partial charge is 0.311 e. The number of benzene rings is 7.